The van der Waals surface area contributed by atoms with Gasteiger partial charge in [0.15, 0.2) is 11.5 Å². The summed E-state index contributed by atoms with van der Waals surface area (Å²) in [5, 5.41) is 1.95. The predicted molar refractivity (Wildman–Crippen MR) is 115 cm³/mol. The van der Waals surface area contributed by atoms with Crippen LogP contribution in [0.5, 0.6) is 11.5 Å². The van der Waals surface area contributed by atoms with Crippen molar-refractivity contribution in [3.8, 4) is 11.5 Å². The fraction of sp³-hybridized carbons (Fsp3) is 0.348. The van der Waals surface area contributed by atoms with Crippen molar-refractivity contribution < 1.29 is 23.9 Å². The molecule has 3 aliphatic rings. The van der Waals surface area contributed by atoms with E-state index in [-0.39, 0.29) is 36.1 Å². The molecule has 5 rings (SSSR count). The van der Waals surface area contributed by atoms with Crippen molar-refractivity contribution in [3.63, 3.8) is 0 Å². The number of anilines is 1. The van der Waals surface area contributed by atoms with Crippen LogP contribution >= 0.6 is 11.3 Å². The van der Waals surface area contributed by atoms with Crippen LogP contribution in [0, 0.1) is 11.8 Å². The first-order valence-corrected chi connectivity index (χ1v) is 11.2. The molecule has 160 valence electrons. The number of ether oxygens (including phenoxy) is 2. The molecule has 0 N–H and O–H groups in total. The number of allylic oxidation sites excluding steroid dienone is 2. The normalized spacial score (nSPS) is 21.9. The van der Waals surface area contributed by atoms with Gasteiger partial charge in [-0.2, -0.15) is 0 Å². The van der Waals surface area contributed by atoms with Crippen LogP contribution in [0.1, 0.15) is 17.7 Å². The summed E-state index contributed by atoms with van der Waals surface area (Å²) in [5.74, 6) is -0.260. The lowest BCUT2D eigenvalue weighted by Gasteiger charge is -2.26. The Morgan fingerprint density at radius 1 is 1.03 bits per heavy atom. The Labute approximate surface area is 183 Å². The van der Waals surface area contributed by atoms with E-state index in [0.29, 0.717) is 49.8 Å². The second kappa shape index (κ2) is 8.19. The van der Waals surface area contributed by atoms with Gasteiger partial charge in [-0.1, -0.05) is 18.2 Å². The minimum absolute atomic E-state index is 0.244. The van der Waals surface area contributed by atoms with Gasteiger partial charge in [0, 0.05) is 16.6 Å². The van der Waals surface area contributed by atoms with Crippen molar-refractivity contribution in [1.29, 1.82) is 0 Å². The zero-order chi connectivity index (χ0) is 21.4. The molecule has 0 bridgehead atoms. The molecule has 1 fully saturated rings. The molecular formula is C23H22N2O5S. The van der Waals surface area contributed by atoms with Crippen LogP contribution in [0.25, 0.3) is 0 Å². The maximum absolute atomic E-state index is 13.4. The van der Waals surface area contributed by atoms with Gasteiger partial charge in [-0.25, -0.2) is 0 Å². The summed E-state index contributed by atoms with van der Waals surface area (Å²) in [6.45, 7) is 1.02. The van der Waals surface area contributed by atoms with Crippen molar-refractivity contribution in [2.75, 3.05) is 24.7 Å². The number of hydrogen-bond acceptors (Lipinski definition) is 6. The summed E-state index contributed by atoms with van der Waals surface area (Å²) < 4.78 is 11.3. The largest absolute Gasteiger partial charge is 0.486 e. The van der Waals surface area contributed by atoms with Gasteiger partial charge in [-0.15, -0.1) is 11.3 Å². The smallest absolute Gasteiger partial charge is 0.247 e. The molecule has 31 heavy (non-hydrogen) atoms. The van der Waals surface area contributed by atoms with E-state index < -0.39 is 0 Å². The molecule has 1 aliphatic carbocycles. The van der Waals surface area contributed by atoms with Gasteiger partial charge in [-0.05, 0) is 36.4 Å². The standard InChI is InChI=1S/C23H22N2O5S/c26-21(14-25-22(27)17-5-1-2-6-18(17)23(25)28)24(13-16-4-3-11-31-16)15-7-8-19-20(12-15)30-10-9-29-19/h1-4,7-8,11-12,17-18H,5-6,9-10,13-14H2. The Morgan fingerprint density at radius 3 is 2.42 bits per heavy atom. The van der Waals surface area contributed by atoms with E-state index in [1.165, 1.54) is 0 Å². The molecule has 7 nitrogen and oxygen atoms in total. The van der Waals surface area contributed by atoms with E-state index in [1.54, 1.807) is 34.4 Å². The van der Waals surface area contributed by atoms with Crippen molar-refractivity contribution in [2.24, 2.45) is 11.8 Å². The molecule has 0 saturated carbocycles. The van der Waals surface area contributed by atoms with Gasteiger partial charge in [-0.3, -0.25) is 19.3 Å². The monoisotopic (exact) mass is 438 g/mol. The summed E-state index contributed by atoms with van der Waals surface area (Å²) in [4.78, 5) is 42.8. The maximum atomic E-state index is 13.4. The number of nitrogens with zero attached hydrogens (tertiary/aromatic N) is 2. The molecule has 1 saturated heterocycles. The number of benzene rings is 1. The molecule has 1 aromatic heterocycles. The molecule has 2 unspecified atom stereocenters. The Kier molecular flexibility index (Phi) is 5.23. The van der Waals surface area contributed by atoms with Crippen LogP contribution in [0.4, 0.5) is 5.69 Å². The fourth-order valence-electron chi connectivity index (χ4n) is 4.33. The number of carbonyl (C=O) groups is 3. The third-order valence-corrected chi connectivity index (χ3v) is 6.79. The number of carbonyl (C=O) groups excluding carboxylic acids is 3. The Balaban J connectivity index is 1.41. The van der Waals surface area contributed by atoms with Crippen LogP contribution in [-0.4, -0.2) is 42.4 Å². The summed E-state index contributed by atoms with van der Waals surface area (Å²) in [7, 11) is 0. The zero-order valence-corrected chi connectivity index (χ0v) is 17.7. The molecule has 0 radical (unpaired) electrons. The Morgan fingerprint density at radius 2 is 1.74 bits per heavy atom. The first kappa shape index (κ1) is 19.8. The summed E-state index contributed by atoms with van der Waals surface area (Å²) in [6, 6.07) is 9.24. The van der Waals surface area contributed by atoms with Crippen LogP contribution < -0.4 is 14.4 Å². The zero-order valence-electron chi connectivity index (χ0n) is 16.9. The molecule has 0 spiro atoms. The second-order valence-corrected chi connectivity index (χ2v) is 8.84. The summed E-state index contributed by atoms with van der Waals surface area (Å²) >= 11 is 1.55. The number of thiophene rings is 1. The summed E-state index contributed by atoms with van der Waals surface area (Å²) in [6.07, 6.45) is 4.99. The fourth-order valence-corrected chi connectivity index (χ4v) is 5.02. The van der Waals surface area contributed by atoms with Crippen molar-refractivity contribution in [1.82, 2.24) is 4.90 Å². The molecule has 3 amide bonds. The molecule has 2 aromatic rings. The average Bonchev–Trinajstić information content (AvgIpc) is 3.40. The number of imide groups is 1. The summed E-state index contributed by atoms with van der Waals surface area (Å²) in [5.41, 5.74) is 0.640. The highest BCUT2D eigenvalue weighted by molar-refractivity contribution is 7.09. The molecule has 1 aromatic carbocycles. The van der Waals surface area contributed by atoms with Gasteiger partial charge < -0.3 is 14.4 Å². The van der Waals surface area contributed by atoms with Crippen LogP contribution in [-0.2, 0) is 20.9 Å². The lowest BCUT2D eigenvalue weighted by Crippen LogP contribution is -2.43. The van der Waals surface area contributed by atoms with E-state index in [4.69, 9.17) is 9.47 Å². The van der Waals surface area contributed by atoms with E-state index in [2.05, 4.69) is 0 Å². The highest BCUT2D eigenvalue weighted by Crippen LogP contribution is 2.37. The minimum atomic E-state index is -0.342. The Bertz CT molecular complexity index is 1020. The van der Waals surface area contributed by atoms with E-state index >= 15 is 0 Å². The number of rotatable bonds is 5. The average molecular weight is 439 g/mol. The first-order valence-electron chi connectivity index (χ1n) is 10.3. The maximum Gasteiger partial charge on any atom is 0.247 e. The number of hydrogen-bond donors (Lipinski definition) is 0. The van der Waals surface area contributed by atoms with Gasteiger partial charge in [0.2, 0.25) is 17.7 Å². The number of amides is 3. The van der Waals surface area contributed by atoms with Gasteiger partial charge in [0.1, 0.15) is 19.8 Å². The SMILES string of the molecule is O=C1C2CC=CCC2C(=O)N1CC(=O)N(Cc1cccs1)c1ccc2c(c1)OCCO2. The van der Waals surface area contributed by atoms with Crippen molar-refractivity contribution in [3.05, 3.63) is 52.7 Å². The van der Waals surface area contributed by atoms with E-state index in [1.807, 2.05) is 29.7 Å². The number of fused-ring (bicyclic) bond motifs is 2. The molecular weight excluding hydrogens is 416 g/mol. The third-order valence-electron chi connectivity index (χ3n) is 5.92. The minimum Gasteiger partial charge on any atom is -0.486 e. The molecule has 3 heterocycles. The van der Waals surface area contributed by atoms with Crippen molar-refractivity contribution >= 4 is 34.7 Å². The first-order chi connectivity index (χ1) is 15.1. The highest BCUT2D eigenvalue weighted by atomic mass is 32.1. The third kappa shape index (κ3) is 3.72. The lowest BCUT2D eigenvalue weighted by atomic mass is 9.85. The highest BCUT2D eigenvalue weighted by Gasteiger charge is 2.48. The molecule has 2 atom stereocenters. The predicted octanol–water partition coefficient (Wildman–Crippen LogP) is 3.00. The molecule has 8 heteroatoms. The molecule has 2 aliphatic heterocycles. The van der Waals surface area contributed by atoms with Crippen LogP contribution in [0.2, 0.25) is 0 Å². The van der Waals surface area contributed by atoms with Gasteiger partial charge in [0.25, 0.3) is 0 Å². The topological polar surface area (TPSA) is 76.2 Å². The second-order valence-electron chi connectivity index (χ2n) is 7.81. The quantitative estimate of drug-likeness (QED) is 0.530. The van der Waals surface area contributed by atoms with Crippen LogP contribution in [0.3, 0.4) is 0 Å². The van der Waals surface area contributed by atoms with Crippen LogP contribution in [0.15, 0.2) is 47.9 Å². The van der Waals surface area contributed by atoms with E-state index in [9.17, 15) is 14.4 Å². The Hall–Kier alpha value is -3.13. The van der Waals surface area contributed by atoms with Crippen molar-refractivity contribution in [2.45, 2.75) is 19.4 Å². The number of likely N-dealkylation sites (tertiary alicyclic amines) is 1. The van der Waals surface area contributed by atoms with Gasteiger partial charge in [0.05, 0.1) is 18.4 Å². The van der Waals surface area contributed by atoms with Gasteiger partial charge >= 0.3 is 0 Å². The lowest BCUT2D eigenvalue weighted by molar-refractivity contribution is -0.143. The van der Waals surface area contributed by atoms with E-state index in [0.717, 1.165) is 9.78 Å².